The number of benzene rings is 2. The van der Waals surface area contributed by atoms with Crippen LogP contribution in [0.15, 0.2) is 60.9 Å². The summed E-state index contributed by atoms with van der Waals surface area (Å²) < 4.78 is 35.0. The van der Waals surface area contributed by atoms with Gasteiger partial charge in [-0.05, 0) is 49.2 Å². The van der Waals surface area contributed by atoms with Gasteiger partial charge in [0.15, 0.2) is 23.0 Å². The second kappa shape index (κ2) is 9.66. The number of carbonyl (C=O) groups is 1. The lowest BCUT2D eigenvalue weighted by molar-refractivity contribution is -0.127. The van der Waals surface area contributed by atoms with Gasteiger partial charge in [-0.1, -0.05) is 12.6 Å². The first-order valence-electron chi connectivity index (χ1n) is 11.5. The molecule has 5 rings (SSSR count). The minimum absolute atomic E-state index is 0.109. The van der Waals surface area contributed by atoms with Crippen molar-refractivity contribution in [2.24, 2.45) is 0 Å². The van der Waals surface area contributed by atoms with E-state index in [1.165, 1.54) is 12.4 Å². The second-order valence-corrected chi connectivity index (χ2v) is 8.55. The van der Waals surface area contributed by atoms with Gasteiger partial charge in [-0.15, -0.1) is 0 Å². The Balaban J connectivity index is 1.47. The van der Waals surface area contributed by atoms with E-state index in [9.17, 15) is 13.6 Å². The molecule has 186 valence electrons. The van der Waals surface area contributed by atoms with Gasteiger partial charge in [0.25, 0.3) is 5.91 Å². The Morgan fingerprint density at radius 2 is 1.92 bits per heavy atom. The van der Waals surface area contributed by atoms with Crippen LogP contribution < -0.4 is 10.5 Å². The third-order valence-corrected chi connectivity index (χ3v) is 6.24. The number of fused-ring (bicyclic) bond motifs is 1. The predicted molar refractivity (Wildman–Crippen MR) is 131 cm³/mol. The quantitative estimate of drug-likeness (QED) is 0.310. The number of ether oxygens (including phenoxy) is 1. The number of aromatic nitrogens is 4. The molecular formula is C26H21F2N7O2. The summed E-state index contributed by atoms with van der Waals surface area (Å²) in [7, 11) is 0. The lowest BCUT2D eigenvalue weighted by Crippen LogP contribution is -2.38. The standard InChI is InChI=1S/C26H21F2N7O2/c1-15(12-29)26(36)34-11-3-4-17(34)13-35-25-21(24(30)31-14-32-25)22(33-35)16-7-9-18(10-8-16)37-23-19(27)5-2-6-20(23)28/h2,5-10,14,17H,1,3-4,11,13H2,(H2,30,31,32)/t17-/m1/s1. The maximum absolute atomic E-state index is 14.0. The minimum Gasteiger partial charge on any atom is -0.451 e. The molecule has 4 aromatic rings. The molecule has 0 unspecified atom stereocenters. The Morgan fingerprint density at radius 3 is 2.62 bits per heavy atom. The highest BCUT2D eigenvalue weighted by Crippen LogP contribution is 2.34. The van der Waals surface area contributed by atoms with Crippen LogP contribution in [0.2, 0.25) is 0 Å². The lowest BCUT2D eigenvalue weighted by Gasteiger charge is -2.24. The second-order valence-electron chi connectivity index (χ2n) is 8.55. The van der Waals surface area contributed by atoms with Crippen LogP contribution in [0.5, 0.6) is 11.5 Å². The van der Waals surface area contributed by atoms with Crippen LogP contribution >= 0.6 is 0 Å². The first-order chi connectivity index (χ1) is 17.9. The lowest BCUT2D eigenvalue weighted by atomic mass is 10.1. The van der Waals surface area contributed by atoms with Crippen LogP contribution in [-0.4, -0.2) is 43.1 Å². The van der Waals surface area contributed by atoms with Crippen molar-refractivity contribution in [2.75, 3.05) is 12.3 Å². The van der Waals surface area contributed by atoms with Crippen molar-refractivity contribution >= 4 is 22.8 Å². The van der Waals surface area contributed by atoms with Crippen molar-refractivity contribution in [3.05, 3.63) is 72.6 Å². The maximum Gasteiger partial charge on any atom is 0.264 e. The van der Waals surface area contributed by atoms with E-state index in [2.05, 4.69) is 16.5 Å². The Labute approximate surface area is 210 Å². The number of rotatable bonds is 6. The van der Waals surface area contributed by atoms with Crippen molar-refractivity contribution in [3.8, 4) is 28.8 Å². The van der Waals surface area contributed by atoms with Gasteiger partial charge < -0.3 is 15.4 Å². The summed E-state index contributed by atoms with van der Waals surface area (Å²) in [6, 6.07) is 11.6. The fourth-order valence-electron chi connectivity index (χ4n) is 4.45. The number of nitrogens with zero attached hydrogens (tertiary/aromatic N) is 6. The third-order valence-electron chi connectivity index (χ3n) is 6.24. The van der Waals surface area contributed by atoms with Crippen LogP contribution in [0.25, 0.3) is 22.3 Å². The number of halogens is 2. The molecule has 1 amide bonds. The molecule has 11 heteroatoms. The molecule has 37 heavy (non-hydrogen) atoms. The summed E-state index contributed by atoms with van der Waals surface area (Å²) in [5, 5.41) is 14.3. The van der Waals surface area contributed by atoms with Crippen LogP contribution in [0, 0.1) is 23.0 Å². The molecule has 0 saturated carbocycles. The summed E-state index contributed by atoms with van der Waals surface area (Å²) in [5.74, 6) is -2.03. The number of likely N-dealkylation sites (tertiary alicyclic amines) is 1. The molecule has 2 N–H and O–H groups in total. The van der Waals surface area contributed by atoms with Crippen LogP contribution in [0.4, 0.5) is 14.6 Å². The Hall–Kier alpha value is -4.85. The number of hydrogen-bond acceptors (Lipinski definition) is 7. The summed E-state index contributed by atoms with van der Waals surface area (Å²) in [6.07, 6.45) is 2.87. The van der Waals surface area contributed by atoms with Crippen molar-refractivity contribution in [2.45, 2.75) is 25.4 Å². The van der Waals surface area contributed by atoms with E-state index in [0.717, 1.165) is 25.0 Å². The summed E-state index contributed by atoms with van der Waals surface area (Å²) in [4.78, 5) is 22.7. The van der Waals surface area contributed by atoms with E-state index in [1.807, 2.05) is 6.07 Å². The molecule has 9 nitrogen and oxygen atoms in total. The molecule has 0 radical (unpaired) electrons. The number of nitrogens with two attached hydrogens (primary N) is 1. The molecule has 0 aliphatic carbocycles. The Morgan fingerprint density at radius 1 is 1.19 bits per heavy atom. The van der Waals surface area contributed by atoms with Gasteiger partial charge in [-0.3, -0.25) is 4.79 Å². The summed E-state index contributed by atoms with van der Waals surface area (Å²) in [6.45, 7) is 4.41. The topological polar surface area (TPSA) is 123 Å². The van der Waals surface area contributed by atoms with E-state index in [1.54, 1.807) is 33.8 Å². The number of carbonyl (C=O) groups excluding carboxylic acids is 1. The van der Waals surface area contributed by atoms with Gasteiger partial charge in [0.1, 0.15) is 35.2 Å². The predicted octanol–water partition coefficient (Wildman–Crippen LogP) is 4.22. The number of amides is 1. The van der Waals surface area contributed by atoms with E-state index in [4.69, 9.17) is 20.8 Å². The highest BCUT2D eigenvalue weighted by atomic mass is 19.1. The van der Waals surface area contributed by atoms with Gasteiger partial charge >= 0.3 is 0 Å². The zero-order valence-corrected chi connectivity index (χ0v) is 19.6. The monoisotopic (exact) mass is 501 g/mol. The van der Waals surface area contributed by atoms with E-state index >= 15 is 0 Å². The minimum atomic E-state index is -0.809. The first kappa shape index (κ1) is 23.9. The van der Waals surface area contributed by atoms with Gasteiger partial charge in [-0.25, -0.2) is 23.4 Å². The van der Waals surface area contributed by atoms with Crippen molar-refractivity contribution < 1.29 is 18.3 Å². The number of hydrogen-bond donors (Lipinski definition) is 1. The maximum atomic E-state index is 14.0. The largest absolute Gasteiger partial charge is 0.451 e. The fraction of sp³-hybridized carbons (Fsp3) is 0.192. The number of anilines is 1. The van der Waals surface area contributed by atoms with Crippen molar-refractivity contribution in [1.82, 2.24) is 24.6 Å². The average Bonchev–Trinajstić information content (AvgIpc) is 3.52. The van der Waals surface area contributed by atoms with Crippen LogP contribution in [0.1, 0.15) is 12.8 Å². The van der Waals surface area contributed by atoms with E-state index < -0.39 is 23.3 Å². The highest BCUT2D eigenvalue weighted by Gasteiger charge is 2.31. The number of nitriles is 1. The Bertz CT molecular complexity index is 1540. The fourth-order valence-corrected chi connectivity index (χ4v) is 4.45. The molecule has 1 aliphatic heterocycles. The van der Waals surface area contributed by atoms with Crippen LogP contribution in [0.3, 0.4) is 0 Å². The van der Waals surface area contributed by atoms with Crippen molar-refractivity contribution in [1.29, 1.82) is 5.26 Å². The van der Waals surface area contributed by atoms with E-state index in [-0.39, 0.29) is 23.2 Å². The summed E-state index contributed by atoms with van der Waals surface area (Å²) >= 11 is 0. The molecular weight excluding hydrogens is 480 g/mol. The number of para-hydroxylation sites is 1. The number of nitrogen functional groups attached to an aromatic ring is 1. The molecule has 3 heterocycles. The van der Waals surface area contributed by atoms with Crippen LogP contribution in [-0.2, 0) is 11.3 Å². The smallest absolute Gasteiger partial charge is 0.264 e. The molecule has 0 bridgehead atoms. The van der Waals surface area contributed by atoms with Gasteiger partial charge in [0.05, 0.1) is 18.0 Å². The zero-order valence-electron chi connectivity index (χ0n) is 19.6. The molecule has 1 atom stereocenters. The van der Waals surface area contributed by atoms with Crippen molar-refractivity contribution in [3.63, 3.8) is 0 Å². The molecule has 1 fully saturated rings. The van der Waals surface area contributed by atoms with Gasteiger partial charge in [-0.2, -0.15) is 10.4 Å². The summed E-state index contributed by atoms with van der Waals surface area (Å²) in [5.41, 5.74) is 7.74. The van der Waals surface area contributed by atoms with E-state index in [0.29, 0.717) is 35.4 Å². The SMILES string of the molecule is C=C(C#N)C(=O)N1CCC[C@@H]1Cn1nc(-c2ccc(Oc3c(F)cccc3F)cc2)c2c(N)ncnc21. The normalized spacial score (nSPS) is 15.1. The molecule has 0 spiro atoms. The molecule has 1 aliphatic rings. The molecule has 2 aromatic heterocycles. The average molecular weight is 501 g/mol. The molecule has 2 aromatic carbocycles. The zero-order chi connectivity index (χ0) is 26.1. The van der Waals surface area contributed by atoms with Gasteiger partial charge in [0.2, 0.25) is 0 Å². The van der Waals surface area contributed by atoms with Gasteiger partial charge in [0, 0.05) is 12.1 Å². The first-order valence-corrected chi connectivity index (χ1v) is 11.5. The Kier molecular flexibility index (Phi) is 6.23. The highest BCUT2D eigenvalue weighted by molar-refractivity contribution is 5.98. The third kappa shape index (κ3) is 4.45. The molecule has 1 saturated heterocycles.